The van der Waals surface area contributed by atoms with E-state index in [4.69, 9.17) is 14.6 Å². The predicted octanol–water partition coefficient (Wildman–Crippen LogP) is 5.28. The van der Waals surface area contributed by atoms with Crippen LogP contribution in [0.2, 0.25) is 0 Å². The molecule has 0 saturated carbocycles. The number of methoxy groups -OCH3 is 1. The van der Waals surface area contributed by atoms with E-state index >= 15 is 0 Å². The second-order valence-corrected chi connectivity index (χ2v) is 7.71. The van der Waals surface area contributed by atoms with Crippen molar-refractivity contribution in [1.29, 1.82) is 0 Å². The van der Waals surface area contributed by atoms with Crippen LogP contribution in [0.1, 0.15) is 16.1 Å². The second-order valence-electron chi connectivity index (χ2n) is 6.86. The summed E-state index contributed by atoms with van der Waals surface area (Å²) in [4.78, 5) is 19.7. The van der Waals surface area contributed by atoms with Gasteiger partial charge in [0.05, 0.1) is 18.1 Å². The van der Waals surface area contributed by atoms with Crippen LogP contribution in [-0.2, 0) is 7.05 Å². The number of hydrogen-bond acceptors (Lipinski definition) is 6. The van der Waals surface area contributed by atoms with Crippen molar-refractivity contribution in [2.45, 2.75) is 6.92 Å². The number of carboxylic acids is 1. The van der Waals surface area contributed by atoms with E-state index in [0.717, 1.165) is 21.2 Å². The zero-order valence-corrected chi connectivity index (χ0v) is 18.6. The van der Waals surface area contributed by atoms with Gasteiger partial charge in [0.1, 0.15) is 5.75 Å². The number of benzene rings is 2. The second kappa shape index (κ2) is 8.27. The monoisotopic (exact) mass is 482 g/mol. The Hall–Kier alpha value is -3.59. The molecular weight excluding hydrogens is 464 g/mol. The molecule has 8 nitrogen and oxygen atoms in total. The van der Waals surface area contributed by atoms with Gasteiger partial charge in [-0.05, 0) is 36.8 Å². The highest BCUT2D eigenvalue weighted by Gasteiger charge is 2.15. The maximum Gasteiger partial charge on any atom is 0.354 e. The Morgan fingerprint density at radius 1 is 1.16 bits per heavy atom. The molecule has 0 aliphatic heterocycles. The number of imidazole rings is 1. The van der Waals surface area contributed by atoms with Crippen LogP contribution < -0.4 is 14.8 Å². The summed E-state index contributed by atoms with van der Waals surface area (Å²) in [5.41, 5.74) is 3.47. The highest BCUT2D eigenvalue weighted by molar-refractivity contribution is 9.10. The summed E-state index contributed by atoms with van der Waals surface area (Å²) in [7, 11) is 3.45. The number of fused-ring (bicyclic) bond motifs is 1. The minimum absolute atomic E-state index is 0.105. The Morgan fingerprint density at radius 3 is 2.68 bits per heavy atom. The number of aryl methyl sites for hydroxylation is 2. The molecular formula is C22H19BrN4O4. The zero-order valence-electron chi connectivity index (χ0n) is 17.0. The van der Waals surface area contributed by atoms with Crippen molar-refractivity contribution in [3.05, 3.63) is 64.4 Å². The maximum atomic E-state index is 11.2. The molecule has 0 aliphatic rings. The molecule has 4 rings (SSSR count). The SMILES string of the molecule is COc1cc2c(cc1Oc1ccnc(C(=O)O)c1)nc(Nc1ccc(Br)c(C)c1)n2C. The van der Waals surface area contributed by atoms with Gasteiger partial charge >= 0.3 is 5.97 Å². The molecule has 0 amide bonds. The van der Waals surface area contributed by atoms with Crippen molar-refractivity contribution in [3.8, 4) is 17.2 Å². The van der Waals surface area contributed by atoms with E-state index in [1.165, 1.54) is 12.3 Å². The van der Waals surface area contributed by atoms with Gasteiger partial charge in [-0.15, -0.1) is 0 Å². The molecule has 4 aromatic rings. The number of rotatable bonds is 6. The molecule has 2 aromatic carbocycles. The largest absolute Gasteiger partial charge is 0.493 e. The quantitative estimate of drug-likeness (QED) is 0.385. The third-order valence-corrected chi connectivity index (χ3v) is 5.65. The van der Waals surface area contributed by atoms with Crippen molar-refractivity contribution in [1.82, 2.24) is 14.5 Å². The van der Waals surface area contributed by atoms with Gasteiger partial charge in [-0.2, -0.15) is 0 Å². The molecule has 2 aromatic heterocycles. The average Bonchev–Trinajstić information content (AvgIpc) is 3.04. The van der Waals surface area contributed by atoms with Crippen molar-refractivity contribution >= 4 is 44.6 Å². The molecule has 9 heteroatoms. The molecule has 0 radical (unpaired) electrons. The van der Waals surface area contributed by atoms with Crippen LogP contribution in [-0.4, -0.2) is 32.7 Å². The molecule has 0 unspecified atom stereocenters. The van der Waals surface area contributed by atoms with Crippen molar-refractivity contribution in [2.75, 3.05) is 12.4 Å². The summed E-state index contributed by atoms with van der Waals surface area (Å²) in [6.07, 6.45) is 1.38. The van der Waals surface area contributed by atoms with E-state index in [0.29, 0.717) is 28.7 Å². The Morgan fingerprint density at radius 2 is 1.97 bits per heavy atom. The van der Waals surface area contributed by atoms with Crippen LogP contribution in [0.25, 0.3) is 11.0 Å². The van der Waals surface area contributed by atoms with E-state index in [9.17, 15) is 4.79 Å². The predicted molar refractivity (Wildman–Crippen MR) is 121 cm³/mol. The molecule has 0 aliphatic carbocycles. The number of pyridine rings is 1. The van der Waals surface area contributed by atoms with Gasteiger partial charge in [0.15, 0.2) is 17.2 Å². The van der Waals surface area contributed by atoms with Crippen LogP contribution in [0, 0.1) is 6.92 Å². The molecule has 0 saturated heterocycles. The third kappa shape index (κ3) is 4.17. The third-order valence-electron chi connectivity index (χ3n) is 4.76. The van der Waals surface area contributed by atoms with Crippen molar-refractivity contribution in [3.63, 3.8) is 0 Å². The van der Waals surface area contributed by atoms with E-state index < -0.39 is 5.97 Å². The van der Waals surface area contributed by atoms with Gasteiger partial charge in [0.2, 0.25) is 5.95 Å². The summed E-state index contributed by atoms with van der Waals surface area (Å²) >= 11 is 3.51. The average molecular weight is 483 g/mol. The van der Waals surface area contributed by atoms with Crippen LogP contribution in [0.5, 0.6) is 17.2 Å². The molecule has 2 N–H and O–H groups in total. The number of nitrogens with one attached hydrogen (secondary N) is 1. The van der Waals surface area contributed by atoms with Crippen LogP contribution in [0.4, 0.5) is 11.6 Å². The molecule has 31 heavy (non-hydrogen) atoms. The molecule has 0 spiro atoms. The lowest BCUT2D eigenvalue weighted by Gasteiger charge is -2.11. The number of ether oxygens (including phenoxy) is 2. The highest BCUT2D eigenvalue weighted by atomic mass is 79.9. The normalized spacial score (nSPS) is 10.8. The maximum absolute atomic E-state index is 11.2. The zero-order chi connectivity index (χ0) is 22.1. The molecule has 0 fully saturated rings. The fourth-order valence-electron chi connectivity index (χ4n) is 3.12. The minimum Gasteiger partial charge on any atom is -0.493 e. The summed E-state index contributed by atoms with van der Waals surface area (Å²) in [6, 6.07) is 12.5. The molecule has 2 heterocycles. The summed E-state index contributed by atoms with van der Waals surface area (Å²) in [5.74, 6) is 0.783. The highest BCUT2D eigenvalue weighted by Crippen LogP contribution is 2.36. The van der Waals surface area contributed by atoms with Gasteiger partial charge in [0.25, 0.3) is 0 Å². The fraction of sp³-hybridized carbons (Fsp3) is 0.136. The van der Waals surface area contributed by atoms with E-state index in [1.807, 2.05) is 42.8 Å². The van der Waals surface area contributed by atoms with Gasteiger partial charge in [-0.25, -0.2) is 14.8 Å². The van der Waals surface area contributed by atoms with Crippen LogP contribution in [0.15, 0.2) is 53.1 Å². The Kier molecular flexibility index (Phi) is 5.51. The van der Waals surface area contributed by atoms with Gasteiger partial charge in [0, 0.05) is 41.6 Å². The number of hydrogen-bond donors (Lipinski definition) is 2. The van der Waals surface area contributed by atoms with E-state index in [1.54, 1.807) is 19.2 Å². The molecule has 0 atom stereocenters. The van der Waals surface area contributed by atoms with Gasteiger partial charge < -0.3 is 24.5 Å². The van der Waals surface area contributed by atoms with Gasteiger partial charge in [-0.1, -0.05) is 15.9 Å². The van der Waals surface area contributed by atoms with Crippen LogP contribution >= 0.6 is 15.9 Å². The summed E-state index contributed by atoms with van der Waals surface area (Å²) in [6.45, 7) is 2.02. The first-order valence-electron chi connectivity index (χ1n) is 9.30. The lowest BCUT2D eigenvalue weighted by atomic mass is 10.2. The molecule has 0 bridgehead atoms. The van der Waals surface area contributed by atoms with E-state index in [-0.39, 0.29) is 5.69 Å². The van der Waals surface area contributed by atoms with Gasteiger partial charge in [-0.3, -0.25) is 0 Å². The topological polar surface area (TPSA) is 98.5 Å². The first kappa shape index (κ1) is 20.7. The standard InChI is InChI=1S/C22H19BrN4O4/c1-12-8-13(4-5-15(12)23)25-22-26-16-10-20(19(30-3)11-18(16)27(22)2)31-14-6-7-24-17(9-14)21(28)29/h4-11H,1-3H3,(H,25,26)(H,28,29). The number of aromatic carboxylic acids is 1. The lowest BCUT2D eigenvalue weighted by Crippen LogP contribution is -2.00. The smallest absolute Gasteiger partial charge is 0.354 e. The Balaban J connectivity index is 1.70. The van der Waals surface area contributed by atoms with Crippen molar-refractivity contribution in [2.24, 2.45) is 7.05 Å². The summed E-state index contributed by atoms with van der Waals surface area (Å²) < 4.78 is 14.3. The minimum atomic E-state index is -1.13. The fourth-order valence-corrected chi connectivity index (χ4v) is 3.37. The first-order chi connectivity index (χ1) is 14.9. The number of carboxylic acid groups (broad SMARTS) is 1. The number of nitrogens with zero attached hydrogens (tertiary/aromatic N) is 3. The Bertz CT molecular complexity index is 1300. The first-order valence-corrected chi connectivity index (χ1v) is 10.1. The van der Waals surface area contributed by atoms with E-state index in [2.05, 4.69) is 31.2 Å². The summed E-state index contributed by atoms with van der Waals surface area (Å²) in [5, 5.41) is 12.5. The number of carbonyl (C=O) groups is 1. The lowest BCUT2D eigenvalue weighted by molar-refractivity contribution is 0.0690. The van der Waals surface area contributed by atoms with Crippen LogP contribution in [0.3, 0.4) is 0 Å². The van der Waals surface area contributed by atoms with Crippen molar-refractivity contribution < 1.29 is 19.4 Å². The Labute approximate surface area is 186 Å². The number of aromatic nitrogens is 3. The number of halogens is 1. The number of anilines is 2. The molecule has 158 valence electrons.